The molecule has 0 amide bonds. The van der Waals surface area contributed by atoms with Crippen molar-refractivity contribution < 1.29 is 5.11 Å². The van der Waals surface area contributed by atoms with E-state index in [1.54, 1.807) is 6.33 Å². The molecule has 1 aliphatic rings. The van der Waals surface area contributed by atoms with Crippen LogP contribution in [0.4, 0.5) is 5.82 Å². The molecule has 2 heterocycles. The van der Waals surface area contributed by atoms with Crippen LogP contribution < -0.4 is 5.32 Å². The van der Waals surface area contributed by atoms with Gasteiger partial charge in [-0.15, -0.1) is 11.3 Å². The molecule has 1 aromatic carbocycles. The summed E-state index contributed by atoms with van der Waals surface area (Å²) in [7, 11) is 0. The van der Waals surface area contributed by atoms with Gasteiger partial charge in [-0.2, -0.15) is 0 Å². The van der Waals surface area contributed by atoms with E-state index in [4.69, 9.17) is 5.11 Å². The maximum absolute atomic E-state index is 9.08. The molecular weight excluding hydrogens is 306 g/mol. The van der Waals surface area contributed by atoms with Crippen LogP contribution in [-0.4, -0.2) is 21.6 Å². The Morgan fingerprint density at radius 2 is 1.91 bits per heavy atom. The lowest BCUT2D eigenvalue weighted by molar-refractivity contribution is 0.282. The number of aliphatic hydroxyl groups excluding tert-OH is 1. The van der Waals surface area contributed by atoms with Gasteiger partial charge in [-0.3, -0.25) is 0 Å². The molecule has 0 bridgehead atoms. The van der Waals surface area contributed by atoms with Crippen molar-refractivity contribution in [2.45, 2.75) is 32.3 Å². The average Bonchev–Trinajstić information content (AvgIpc) is 3.16. The minimum atomic E-state index is 0.0979. The van der Waals surface area contributed by atoms with Crippen molar-refractivity contribution in [3.63, 3.8) is 0 Å². The van der Waals surface area contributed by atoms with Gasteiger partial charge in [0.05, 0.1) is 12.0 Å². The van der Waals surface area contributed by atoms with E-state index in [0.29, 0.717) is 0 Å². The van der Waals surface area contributed by atoms with Crippen LogP contribution in [0.15, 0.2) is 30.6 Å². The summed E-state index contributed by atoms with van der Waals surface area (Å²) in [5.74, 6) is 0.973. The van der Waals surface area contributed by atoms with Gasteiger partial charge >= 0.3 is 0 Å². The lowest BCUT2D eigenvalue weighted by Gasteiger charge is -2.08. The predicted octanol–water partition coefficient (Wildman–Crippen LogP) is 3.33. The van der Waals surface area contributed by atoms with E-state index in [1.807, 2.05) is 23.5 Å². The number of aryl methyl sites for hydroxylation is 2. The van der Waals surface area contributed by atoms with Crippen molar-refractivity contribution in [3.05, 3.63) is 52.2 Å². The molecule has 0 unspecified atom stereocenters. The molecule has 5 heteroatoms. The van der Waals surface area contributed by atoms with Crippen molar-refractivity contribution in [3.8, 4) is 0 Å². The van der Waals surface area contributed by atoms with Gasteiger partial charge < -0.3 is 10.4 Å². The molecule has 2 N–H and O–H groups in total. The van der Waals surface area contributed by atoms with Crippen LogP contribution in [0.25, 0.3) is 10.2 Å². The first-order valence-corrected chi connectivity index (χ1v) is 8.84. The first kappa shape index (κ1) is 14.6. The highest BCUT2D eigenvalue weighted by Gasteiger charge is 2.20. The van der Waals surface area contributed by atoms with Crippen LogP contribution in [-0.2, 0) is 25.9 Å². The molecule has 2 aromatic heterocycles. The summed E-state index contributed by atoms with van der Waals surface area (Å²) in [6, 6.07) is 8.10. The van der Waals surface area contributed by atoms with Gasteiger partial charge in [-0.1, -0.05) is 24.3 Å². The lowest BCUT2D eigenvalue weighted by Crippen LogP contribution is -2.07. The highest BCUT2D eigenvalue weighted by Crippen LogP contribution is 2.38. The molecule has 118 valence electrons. The summed E-state index contributed by atoms with van der Waals surface area (Å²) >= 11 is 1.82. The quantitative estimate of drug-likeness (QED) is 0.755. The zero-order chi connectivity index (χ0) is 15.6. The van der Waals surface area contributed by atoms with Crippen molar-refractivity contribution in [2.75, 3.05) is 11.9 Å². The van der Waals surface area contributed by atoms with Gasteiger partial charge in [0.1, 0.15) is 17.0 Å². The second kappa shape index (κ2) is 6.26. The van der Waals surface area contributed by atoms with Crippen LogP contribution in [0.2, 0.25) is 0 Å². The molecular formula is C18H19N3OS. The Hall–Kier alpha value is -1.98. The number of hydrogen-bond acceptors (Lipinski definition) is 5. The van der Waals surface area contributed by atoms with E-state index >= 15 is 0 Å². The Kier molecular flexibility index (Phi) is 3.97. The van der Waals surface area contributed by atoms with Gasteiger partial charge in [0.25, 0.3) is 0 Å². The maximum Gasteiger partial charge on any atom is 0.138 e. The molecule has 1 aliphatic carbocycles. The highest BCUT2D eigenvalue weighted by molar-refractivity contribution is 7.19. The summed E-state index contributed by atoms with van der Waals surface area (Å²) in [4.78, 5) is 11.5. The Balaban J connectivity index is 1.49. The smallest absolute Gasteiger partial charge is 0.138 e. The number of benzene rings is 1. The molecule has 0 saturated carbocycles. The van der Waals surface area contributed by atoms with Crippen molar-refractivity contribution in [1.82, 2.24) is 9.97 Å². The highest BCUT2D eigenvalue weighted by atomic mass is 32.1. The lowest BCUT2D eigenvalue weighted by atomic mass is 10.1. The molecule has 0 fully saturated rings. The third-order valence-corrected chi connectivity index (χ3v) is 5.61. The van der Waals surface area contributed by atoms with Crippen molar-refractivity contribution in [1.29, 1.82) is 0 Å². The normalized spacial score (nSPS) is 13.4. The zero-order valence-electron chi connectivity index (χ0n) is 12.9. The number of fused-ring (bicyclic) bond motifs is 3. The van der Waals surface area contributed by atoms with E-state index in [2.05, 4.69) is 27.4 Å². The van der Waals surface area contributed by atoms with Crippen molar-refractivity contribution in [2.24, 2.45) is 0 Å². The molecule has 4 nitrogen and oxygen atoms in total. The molecule has 3 aromatic rings. The monoisotopic (exact) mass is 325 g/mol. The minimum absolute atomic E-state index is 0.0979. The van der Waals surface area contributed by atoms with Gasteiger partial charge in [0.15, 0.2) is 0 Å². The predicted molar refractivity (Wildman–Crippen MR) is 94.0 cm³/mol. The van der Waals surface area contributed by atoms with Crippen LogP contribution in [0.5, 0.6) is 0 Å². The summed E-state index contributed by atoms with van der Waals surface area (Å²) in [6.07, 6.45) is 6.19. The standard InChI is InChI=1S/C18H19N3OS/c22-10-13-6-4-12(5-7-13)8-9-19-17-16-14-2-1-3-15(14)23-18(16)21-11-20-17/h4-7,11,22H,1-3,8-10H2,(H,19,20,21). The van der Waals surface area contributed by atoms with E-state index < -0.39 is 0 Å². The minimum Gasteiger partial charge on any atom is -0.392 e. The van der Waals surface area contributed by atoms with Gasteiger partial charge in [-0.25, -0.2) is 9.97 Å². The second-order valence-electron chi connectivity index (χ2n) is 5.91. The summed E-state index contributed by atoms with van der Waals surface area (Å²) < 4.78 is 0. The Labute approximate surface area is 139 Å². The summed E-state index contributed by atoms with van der Waals surface area (Å²) in [5, 5.41) is 13.8. The molecule has 0 spiro atoms. The molecule has 0 atom stereocenters. The number of anilines is 1. The van der Waals surface area contributed by atoms with E-state index in [-0.39, 0.29) is 6.61 Å². The molecule has 0 saturated heterocycles. The van der Waals surface area contributed by atoms with E-state index in [9.17, 15) is 0 Å². The zero-order valence-corrected chi connectivity index (χ0v) is 13.7. The first-order chi connectivity index (χ1) is 11.3. The number of aliphatic hydroxyl groups is 1. The summed E-state index contributed by atoms with van der Waals surface area (Å²) in [6.45, 7) is 0.940. The third kappa shape index (κ3) is 2.82. The summed E-state index contributed by atoms with van der Waals surface area (Å²) in [5.41, 5.74) is 3.67. The number of nitrogens with zero attached hydrogens (tertiary/aromatic N) is 2. The third-order valence-electron chi connectivity index (χ3n) is 4.41. The average molecular weight is 325 g/mol. The fourth-order valence-electron chi connectivity index (χ4n) is 3.20. The Morgan fingerprint density at radius 1 is 1.09 bits per heavy atom. The SMILES string of the molecule is OCc1ccc(CCNc2ncnc3sc4c(c23)CCC4)cc1. The molecule has 4 rings (SSSR count). The second-order valence-corrected chi connectivity index (χ2v) is 6.99. The molecule has 0 aliphatic heterocycles. The number of hydrogen-bond donors (Lipinski definition) is 2. The van der Waals surface area contributed by atoms with Crippen LogP contribution in [0.3, 0.4) is 0 Å². The van der Waals surface area contributed by atoms with E-state index in [0.717, 1.165) is 35.6 Å². The number of rotatable bonds is 5. The van der Waals surface area contributed by atoms with Gasteiger partial charge in [0, 0.05) is 11.4 Å². The van der Waals surface area contributed by atoms with Gasteiger partial charge in [-0.05, 0) is 42.4 Å². The first-order valence-electron chi connectivity index (χ1n) is 8.03. The van der Waals surface area contributed by atoms with Crippen molar-refractivity contribution >= 4 is 27.4 Å². The van der Waals surface area contributed by atoms with Crippen LogP contribution in [0.1, 0.15) is 28.0 Å². The fourth-order valence-corrected chi connectivity index (χ4v) is 4.43. The van der Waals surface area contributed by atoms with Crippen LogP contribution in [0, 0.1) is 0 Å². The molecule has 0 radical (unpaired) electrons. The number of aromatic nitrogens is 2. The number of nitrogens with one attached hydrogen (secondary N) is 1. The Morgan fingerprint density at radius 3 is 2.74 bits per heavy atom. The van der Waals surface area contributed by atoms with E-state index in [1.165, 1.54) is 34.2 Å². The fraction of sp³-hybridized carbons (Fsp3) is 0.333. The maximum atomic E-state index is 9.08. The van der Waals surface area contributed by atoms with Crippen LogP contribution >= 0.6 is 11.3 Å². The van der Waals surface area contributed by atoms with Gasteiger partial charge in [0.2, 0.25) is 0 Å². The molecule has 23 heavy (non-hydrogen) atoms. The number of thiophene rings is 1. The largest absolute Gasteiger partial charge is 0.392 e. The topological polar surface area (TPSA) is 58.0 Å². The Bertz CT molecular complexity index is 826.